The lowest BCUT2D eigenvalue weighted by atomic mass is 10.3. The molecule has 0 unspecified atom stereocenters. The Morgan fingerprint density at radius 1 is 0.714 bits per heavy atom. The SMILES string of the molecule is C/C=C\C.C/C=C\CC.CCCCC. The molecule has 0 bridgehead atoms. The Labute approximate surface area is 92.1 Å². The molecule has 0 aromatic rings. The van der Waals surface area contributed by atoms with E-state index in [1.807, 2.05) is 32.9 Å². The number of unbranched alkanes of at least 4 members (excludes halogenated alkanes) is 2. The Morgan fingerprint density at radius 3 is 1.14 bits per heavy atom. The summed E-state index contributed by atoms with van der Waals surface area (Å²) in [6, 6.07) is 0. The van der Waals surface area contributed by atoms with Crippen LogP contribution < -0.4 is 0 Å². The van der Waals surface area contributed by atoms with E-state index in [9.17, 15) is 0 Å². The molecule has 0 rings (SSSR count). The van der Waals surface area contributed by atoms with E-state index in [1.54, 1.807) is 0 Å². The van der Waals surface area contributed by atoms with Crippen molar-refractivity contribution in [2.24, 2.45) is 0 Å². The maximum absolute atomic E-state index is 2.21. The number of hydrogen-bond donors (Lipinski definition) is 0. The lowest BCUT2D eigenvalue weighted by Crippen LogP contribution is -1.59. The van der Waals surface area contributed by atoms with E-state index in [4.69, 9.17) is 0 Å². The van der Waals surface area contributed by atoms with E-state index in [0.717, 1.165) is 6.42 Å². The zero-order valence-electron chi connectivity index (χ0n) is 11.1. The highest BCUT2D eigenvalue weighted by Gasteiger charge is 1.68. The largest absolute Gasteiger partial charge is 0.0919 e. The monoisotopic (exact) mass is 198 g/mol. The Bertz CT molecular complexity index is 92.6. The molecule has 0 aromatic carbocycles. The van der Waals surface area contributed by atoms with Gasteiger partial charge in [0.1, 0.15) is 0 Å². The normalized spacial score (nSPS) is 9.29. The van der Waals surface area contributed by atoms with Gasteiger partial charge in [-0.05, 0) is 27.2 Å². The maximum Gasteiger partial charge on any atom is -0.0379 e. The average molecular weight is 198 g/mol. The van der Waals surface area contributed by atoms with Crippen LogP contribution in [0, 0.1) is 0 Å². The van der Waals surface area contributed by atoms with Crippen LogP contribution in [-0.2, 0) is 0 Å². The van der Waals surface area contributed by atoms with E-state index in [1.165, 1.54) is 19.3 Å². The lowest BCUT2D eigenvalue weighted by molar-refractivity contribution is 0.772. The molecule has 0 fully saturated rings. The Kier molecular flexibility index (Phi) is 40.1. The van der Waals surface area contributed by atoms with Gasteiger partial charge in [-0.3, -0.25) is 0 Å². The zero-order chi connectivity index (χ0) is 11.7. The predicted molar refractivity (Wildman–Crippen MR) is 70.8 cm³/mol. The van der Waals surface area contributed by atoms with Crippen LogP contribution in [0.3, 0.4) is 0 Å². The first kappa shape index (κ1) is 19.1. The molecule has 0 amide bonds. The van der Waals surface area contributed by atoms with Crippen molar-refractivity contribution in [3.05, 3.63) is 24.3 Å². The summed E-state index contributed by atoms with van der Waals surface area (Å²) in [6.45, 7) is 12.6. The van der Waals surface area contributed by atoms with Crippen LogP contribution in [-0.4, -0.2) is 0 Å². The quantitative estimate of drug-likeness (QED) is 0.506. The van der Waals surface area contributed by atoms with Gasteiger partial charge in [-0.25, -0.2) is 0 Å². The summed E-state index contributed by atoms with van der Waals surface area (Å²) < 4.78 is 0. The molecule has 0 radical (unpaired) electrons. The van der Waals surface area contributed by atoms with E-state index < -0.39 is 0 Å². The molecule has 0 nitrogen and oxygen atoms in total. The molecule has 0 heterocycles. The van der Waals surface area contributed by atoms with E-state index >= 15 is 0 Å². The third kappa shape index (κ3) is 62.8. The molecule has 0 aliphatic carbocycles. The molecule has 0 aromatic heterocycles. The minimum Gasteiger partial charge on any atom is -0.0919 e. The first-order valence-electron chi connectivity index (χ1n) is 5.93. The van der Waals surface area contributed by atoms with Crippen molar-refractivity contribution >= 4 is 0 Å². The maximum atomic E-state index is 2.21. The van der Waals surface area contributed by atoms with Gasteiger partial charge in [-0.15, -0.1) is 0 Å². The van der Waals surface area contributed by atoms with Crippen LogP contribution in [0.4, 0.5) is 0 Å². The first-order chi connectivity index (χ1) is 6.74. The summed E-state index contributed by atoms with van der Waals surface area (Å²) in [6.07, 6.45) is 13.4. The van der Waals surface area contributed by atoms with Gasteiger partial charge in [-0.2, -0.15) is 0 Å². The van der Waals surface area contributed by atoms with Crippen LogP contribution in [0.2, 0.25) is 0 Å². The molecule has 0 spiro atoms. The standard InChI is InChI=1S/C5H12.C5H10.C4H8/c2*1-3-5-4-2;1-3-4-2/h3-5H2,1-2H3;3,5H,4H2,1-2H3;3-4H,1-2H3/b;5-3-;4-3-. The fraction of sp³-hybridized carbons (Fsp3) is 0.714. The highest BCUT2D eigenvalue weighted by molar-refractivity contribution is 4.73. The van der Waals surface area contributed by atoms with Crippen molar-refractivity contribution < 1.29 is 0 Å². The molecule has 0 heteroatoms. The van der Waals surface area contributed by atoms with Gasteiger partial charge < -0.3 is 0 Å². The second-order valence-electron chi connectivity index (χ2n) is 3.00. The molecule has 0 aliphatic heterocycles. The van der Waals surface area contributed by atoms with Gasteiger partial charge >= 0.3 is 0 Å². The van der Waals surface area contributed by atoms with Crippen LogP contribution in [0.1, 0.15) is 67.2 Å². The number of allylic oxidation sites excluding steroid dienone is 4. The average Bonchev–Trinajstić information content (AvgIpc) is 2.22. The topological polar surface area (TPSA) is 0 Å². The van der Waals surface area contributed by atoms with E-state index in [0.29, 0.717) is 0 Å². The second-order valence-corrected chi connectivity index (χ2v) is 3.00. The van der Waals surface area contributed by atoms with Gasteiger partial charge in [0, 0.05) is 0 Å². The van der Waals surface area contributed by atoms with E-state index in [-0.39, 0.29) is 0 Å². The van der Waals surface area contributed by atoms with Crippen molar-refractivity contribution in [2.45, 2.75) is 67.2 Å². The highest BCUT2D eigenvalue weighted by atomic mass is 13.7. The first-order valence-corrected chi connectivity index (χ1v) is 5.93. The third-order valence-electron chi connectivity index (χ3n) is 1.51. The zero-order valence-corrected chi connectivity index (χ0v) is 11.1. The van der Waals surface area contributed by atoms with Crippen LogP contribution in [0.25, 0.3) is 0 Å². The molecular formula is C14H30. The Morgan fingerprint density at radius 2 is 1.14 bits per heavy atom. The Hall–Kier alpha value is -0.520. The van der Waals surface area contributed by atoms with Crippen molar-refractivity contribution in [2.75, 3.05) is 0 Å². The molecule has 0 atom stereocenters. The molecule has 0 saturated heterocycles. The van der Waals surface area contributed by atoms with Gasteiger partial charge in [0.15, 0.2) is 0 Å². The highest BCUT2D eigenvalue weighted by Crippen LogP contribution is 1.88. The van der Waals surface area contributed by atoms with Gasteiger partial charge in [-0.1, -0.05) is 64.3 Å². The van der Waals surface area contributed by atoms with Crippen LogP contribution >= 0.6 is 0 Å². The van der Waals surface area contributed by atoms with Crippen molar-refractivity contribution in [1.29, 1.82) is 0 Å². The minimum atomic E-state index is 1.16. The van der Waals surface area contributed by atoms with E-state index in [2.05, 4.69) is 32.9 Å². The number of hydrogen-bond acceptors (Lipinski definition) is 0. The smallest absolute Gasteiger partial charge is 0.0379 e. The van der Waals surface area contributed by atoms with Gasteiger partial charge in [0.25, 0.3) is 0 Å². The van der Waals surface area contributed by atoms with Crippen LogP contribution in [0.15, 0.2) is 24.3 Å². The molecule has 0 N–H and O–H groups in total. The van der Waals surface area contributed by atoms with Crippen molar-refractivity contribution in [3.8, 4) is 0 Å². The minimum absolute atomic E-state index is 1.16. The molecule has 14 heavy (non-hydrogen) atoms. The van der Waals surface area contributed by atoms with Gasteiger partial charge in [0.05, 0.1) is 0 Å². The predicted octanol–water partition coefficient (Wildman–Crippen LogP) is 5.75. The molecule has 0 saturated carbocycles. The summed E-state index contributed by atoms with van der Waals surface area (Å²) in [5, 5.41) is 0. The summed E-state index contributed by atoms with van der Waals surface area (Å²) in [7, 11) is 0. The summed E-state index contributed by atoms with van der Waals surface area (Å²) >= 11 is 0. The van der Waals surface area contributed by atoms with Gasteiger partial charge in [0.2, 0.25) is 0 Å². The summed E-state index contributed by atoms with van der Waals surface area (Å²) in [5.74, 6) is 0. The third-order valence-corrected chi connectivity index (χ3v) is 1.51. The summed E-state index contributed by atoms with van der Waals surface area (Å²) in [4.78, 5) is 0. The fourth-order valence-electron chi connectivity index (χ4n) is 0.589. The molecule has 0 aliphatic rings. The number of rotatable bonds is 3. The van der Waals surface area contributed by atoms with Crippen molar-refractivity contribution in [1.82, 2.24) is 0 Å². The second kappa shape index (κ2) is 29.4. The van der Waals surface area contributed by atoms with Crippen LogP contribution in [0.5, 0.6) is 0 Å². The fourth-order valence-corrected chi connectivity index (χ4v) is 0.589. The Balaban J connectivity index is -0.000000131. The van der Waals surface area contributed by atoms with Crippen molar-refractivity contribution in [3.63, 3.8) is 0 Å². The molecule has 86 valence electrons. The summed E-state index contributed by atoms with van der Waals surface area (Å²) in [5.41, 5.74) is 0. The lowest BCUT2D eigenvalue weighted by Gasteiger charge is -1.79. The molecular weight excluding hydrogens is 168 g/mol.